The van der Waals surface area contributed by atoms with Gasteiger partial charge < -0.3 is 10.2 Å². The summed E-state index contributed by atoms with van der Waals surface area (Å²) < 4.78 is 0. The van der Waals surface area contributed by atoms with Crippen LogP contribution in [-0.2, 0) is 0 Å². The van der Waals surface area contributed by atoms with Gasteiger partial charge in [-0.2, -0.15) is 11.8 Å². The highest BCUT2D eigenvalue weighted by Gasteiger charge is 1.90. The first-order valence-corrected chi connectivity index (χ1v) is 6.36. The molecule has 0 unspecified atom stereocenters. The van der Waals surface area contributed by atoms with Gasteiger partial charge in [-0.15, -0.1) is 0 Å². The van der Waals surface area contributed by atoms with Crippen LogP contribution >= 0.6 is 11.8 Å². The third-order valence-electron chi connectivity index (χ3n) is 1.81. The van der Waals surface area contributed by atoms with Gasteiger partial charge in [-0.05, 0) is 58.1 Å². The molecule has 80 valence electrons. The van der Waals surface area contributed by atoms with Crippen LogP contribution in [0.5, 0.6) is 0 Å². The van der Waals surface area contributed by atoms with E-state index in [2.05, 4.69) is 31.2 Å². The van der Waals surface area contributed by atoms with Crippen molar-refractivity contribution in [3.05, 3.63) is 0 Å². The van der Waals surface area contributed by atoms with Gasteiger partial charge in [0.05, 0.1) is 0 Å². The van der Waals surface area contributed by atoms with Crippen LogP contribution in [0, 0.1) is 0 Å². The predicted molar refractivity (Wildman–Crippen MR) is 63.7 cm³/mol. The highest BCUT2D eigenvalue weighted by Crippen LogP contribution is 1.99. The van der Waals surface area contributed by atoms with Crippen LogP contribution in [0.15, 0.2) is 0 Å². The molecule has 0 amide bonds. The highest BCUT2D eigenvalue weighted by atomic mass is 32.2. The van der Waals surface area contributed by atoms with Gasteiger partial charge >= 0.3 is 0 Å². The molecule has 1 N–H and O–H groups in total. The lowest BCUT2D eigenvalue weighted by molar-refractivity contribution is 0.394. The van der Waals surface area contributed by atoms with Crippen LogP contribution in [0.3, 0.4) is 0 Å². The maximum Gasteiger partial charge on any atom is -0.00127 e. The minimum Gasteiger partial charge on any atom is -0.317 e. The van der Waals surface area contributed by atoms with E-state index >= 15 is 0 Å². The molecule has 0 aliphatic carbocycles. The van der Waals surface area contributed by atoms with Crippen molar-refractivity contribution in [3.63, 3.8) is 0 Å². The van der Waals surface area contributed by atoms with Crippen molar-refractivity contribution in [1.29, 1.82) is 0 Å². The lowest BCUT2D eigenvalue weighted by Gasteiger charge is -2.09. The molecule has 0 atom stereocenters. The number of thioether (sulfide) groups is 1. The van der Waals surface area contributed by atoms with Crippen molar-refractivity contribution >= 4 is 11.8 Å². The molecule has 0 radical (unpaired) electrons. The van der Waals surface area contributed by atoms with Crippen LogP contribution in [0.2, 0.25) is 0 Å². The molecule has 0 fully saturated rings. The SMILES string of the molecule is CCSCCCNCCCN(C)C. The zero-order valence-corrected chi connectivity index (χ0v) is 10.1. The maximum atomic E-state index is 3.46. The third-order valence-corrected chi connectivity index (χ3v) is 2.79. The second-order valence-corrected chi connectivity index (χ2v) is 4.85. The Morgan fingerprint density at radius 1 is 1.15 bits per heavy atom. The van der Waals surface area contributed by atoms with E-state index < -0.39 is 0 Å². The third kappa shape index (κ3) is 12.3. The van der Waals surface area contributed by atoms with Crippen molar-refractivity contribution in [1.82, 2.24) is 10.2 Å². The Labute approximate surface area is 87.5 Å². The molecular weight excluding hydrogens is 180 g/mol. The Hall–Kier alpha value is 0.270. The molecule has 0 rings (SSSR count). The summed E-state index contributed by atoms with van der Waals surface area (Å²) in [5.74, 6) is 2.55. The van der Waals surface area contributed by atoms with Crippen LogP contribution in [0.4, 0.5) is 0 Å². The van der Waals surface area contributed by atoms with Crippen molar-refractivity contribution in [2.45, 2.75) is 19.8 Å². The largest absolute Gasteiger partial charge is 0.317 e. The molecule has 3 heteroatoms. The molecule has 0 aliphatic heterocycles. The Morgan fingerprint density at radius 3 is 2.46 bits per heavy atom. The quantitative estimate of drug-likeness (QED) is 0.575. The number of hydrogen-bond acceptors (Lipinski definition) is 3. The topological polar surface area (TPSA) is 15.3 Å². The summed E-state index contributed by atoms with van der Waals surface area (Å²) >= 11 is 2.03. The minimum absolute atomic E-state index is 1.16. The highest BCUT2D eigenvalue weighted by molar-refractivity contribution is 7.99. The maximum absolute atomic E-state index is 3.46. The van der Waals surface area contributed by atoms with Gasteiger partial charge in [-0.3, -0.25) is 0 Å². The molecule has 0 saturated heterocycles. The zero-order chi connectivity index (χ0) is 9.94. The molecule has 0 saturated carbocycles. The van der Waals surface area contributed by atoms with E-state index in [9.17, 15) is 0 Å². The van der Waals surface area contributed by atoms with E-state index in [1.54, 1.807) is 0 Å². The summed E-state index contributed by atoms with van der Waals surface area (Å²) in [6.45, 7) is 5.75. The van der Waals surface area contributed by atoms with Gasteiger partial charge in [0.25, 0.3) is 0 Å². The molecule has 0 bridgehead atoms. The summed E-state index contributed by atoms with van der Waals surface area (Å²) in [6.07, 6.45) is 2.56. The van der Waals surface area contributed by atoms with Gasteiger partial charge in [0.15, 0.2) is 0 Å². The smallest absolute Gasteiger partial charge is 0.00127 e. The lowest BCUT2D eigenvalue weighted by atomic mass is 10.4. The number of hydrogen-bond donors (Lipinski definition) is 1. The Balaban J connectivity index is 2.84. The standard InChI is InChI=1S/C10H24N2S/c1-4-13-10-6-8-11-7-5-9-12(2)3/h11H,4-10H2,1-3H3. The summed E-state index contributed by atoms with van der Waals surface area (Å²) in [6, 6.07) is 0. The summed E-state index contributed by atoms with van der Waals surface area (Å²) in [7, 11) is 4.25. The summed E-state index contributed by atoms with van der Waals surface area (Å²) in [4.78, 5) is 2.23. The molecular formula is C10H24N2S. The molecule has 0 spiro atoms. The fraction of sp³-hybridized carbons (Fsp3) is 1.00. The molecule has 2 nitrogen and oxygen atoms in total. The van der Waals surface area contributed by atoms with Gasteiger partial charge in [-0.1, -0.05) is 6.92 Å². The Bertz CT molecular complexity index is 96.9. The van der Waals surface area contributed by atoms with Crippen molar-refractivity contribution in [2.75, 3.05) is 45.2 Å². The second-order valence-electron chi connectivity index (χ2n) is 3.46. The van der Waals surface area contributed by atoms with E-state index in [1.807, 2.05) is 11.8 Å². The van der Waals surface area contributed by atoms with Crippen LogP contribution in [-0.4, -0.2) is 50.1 Å². The summed E-state index contributed by atoms with van der Waals surface area (Å²) in [5.41, 5.74) is 0. The average molecular weight is 204 g/mol. The molecule has 0 aliphatic rings. The normalized spacial score (nSPS) is 11.1. The first kappa shape index (κ1) is 13.3. The number of nitrogens with one attached hydrogen (secondary N) is 1. The Morgan fingerprint density at radius 2 is 1.85 bits per heavy atom. The second kappa shape index (κ2) is 10.4. The fourth-order valence-electron chi connectivity index (χ4n) is 1.09. The van der Waals surface area contributed by atoms with Crippen LogP contribution in [0.1, 0.15) is 19.8 Å². The van der Waals surface area contributed by atoms with E-state index in [0.29, 0.717) is 0 Å². The van der Waals surface area contributed by atoms with Gasteiger partial charge in [0.1, 0.15) is 0 Å². The zero-order valence-electron chi connectivity index (χ0n) is 9.31. The van der Waals surface area contributed by atoms with Gasteiger partial charge in [0.2, 0.25) is 0 Å². The van der Waals surface area contributed by atoms with Gasteiger partial charge in [0, 0.05) is 0 Å². The van der Waals surface area contributed by atoms with Crippen LogP contribution in [0.25, 0.3) is 0 Å². The van der Waals surface area contributed by atoms with Crippen molar-refractivity contribution in [2.24, 2.45) is 0 Å². The lowest BCUT2D eigenvalue weighted by Crippen LogP contribution is -2.22. The molecule has 0 heterocycles. The van der Waals surface area contributed by atoms with E-state index in [1.165, 1.54) is 37.4 Å². The average Bonchev–Trinajstić information content (AvgIpc) is 2.09. The predicted octanol–water partition coefficient (Wildman–Crippen LogP) is 1.67. The first-order valence-electron chi connectivity index (χ1n) is 5.20. The molecule has 0 aromatic carbocycles. The monoisotopic (exact) mass is 204 g/mol. The number of rotatable bonds is 9. The Kier molecular flexibility index (Phi) is 10.6. The van der Waals surface area contributed by atoms with Crippen molar-refractivity contribution in [3.8, 4) is 0 Å². The minimum atomic E-state index is 1.16. The summed E-state index contributed by atoms with van der Waals surface area (Å²) in [5, 5.41) is 3.46. The van der Waals surface area contributed by atoms with E-state index in [-0.39, 0.29) is 0 Å². The van der Waals surface area contributed by atoms with Gasteiger partial charge in [-0.25, -0.2) is 0 Å². The van der Waals surface area contributed by atoms with E-state index in [4.69, 9.17) is 0 Å². The number of nitrogens with zero attached hydrogens (tertiary/aromatic N) is 1. The van der Waals surface area contributed by atoms with E-state index in [0.717, 1.165) is 6.54 Å². The fourth-order valence-corrected chi connectivity index (χ4v) is 1.73. The van der Waals surface area contributed by atoms with Crippen molar-refractivity contribution < 1.29 is 0 Å². The first-order chi connectivity index (χ1) is 6.27. The molecule has 0 aromatic heterocycles. The van der Waals surface area contributed by atoms with Crippen LogP contribution < -0.4 is 5.32 Å². The molecule has 0 aromatic rings. The molecule has 13 heavy (non-hydrogen) atoms.